The molecule has 0 unspecified atom stereocenters. The van der Waals surface area contributed by atoms with Crippen molar-refractivity contribution < 1.29 is 4.79 Å². The maximum atomic E-state index is 13.2. The number of hydrogen-bond donors (Lipinski definition) is 1. The molecule has 0 bridgehead atoms. The first-order chi connectivity index (χ1) is 10.8. The van der Waals surface area contributed by atoms with Crippen LogP contribution in [-0.4, -0.2) is 29.4 Å². The zero-order valence-electron chi connectivity index (χ0n) is 15.4. The van der Waals surface area contributed by atoms with Gasteiger partial charge >= 0.3 is 0 Å². The second-order valence-corrected chi connectivity index (χ2v) is 8.22. The molecule has 1 amide bonds. The van der Waals surface area contributed by atoms with Crippen molar-refractivity contribution in [3.8, 4) is 0 Å². The van der Waals surface area contributed by atoms with Crippen LogP contribution in [0, 0.1) is 11.3 Å². The minimum absolute atomic E-state index is 0.0979. The third kappa shape index (κ3) is 3.77. The second kappa shape index (κ2) is 7.04. The fraction of sp³-hybridized carbons (Fsp3) is 0.650. The van der Waals surface area contributed by atoms with E-state index in [4.69, 9.17) is 0 Å². The van der Waals surface area contributed by atoms with E-state index in [1.807, 2.05) is 6.07 Å². The summed E-state index contributed by atoms with van der Waals surface area (Å²) >= 11 is 0. The van der Waals surface area contributed by atoms with E-state index < -0.39 is 5.54 Å². The number of rotatable bonds is 5. The molecule has 3 nitrogen and oxygen atoms in total. The van der Waals surface area contributed by atoms with Gasteiger partial charge in [-0.2, -0.15) is 0 Å². The van der Waals surface area contributed by atoms with Crippen molar-refractivity contribution in [3.63, 3.8) is 0 Å². The van der Waals surface area contributed by atoms with Crippen LogP contribution in [0.25, 0.3) is 0 Å². The van der Waals surface area contributed by atoms with E-state index in [1.165, 1.54) is 5.56 Å². The Labute approximate surface area is 141 Å². The molecule has 1 saturated heterocycles. The average Bonchev–Trinajstić information content (AvgIpc) is 2.90. The molecule has 0 spiro atoms. The molecule has 3 heteroatoms. The van der Waals surface area contributed by atoms with E-state index in [2.05, 4.69) is 69.1 Å². The quantitative estimate of drug-likeness (QED) is 0.895. The largest absolute Gasteiger partial charge is 0.354 e. The zero-order chi connectivity index (χ0) is 17.1. The third-order valence-electron chi connectivity index (χ3n) is 5.01. The van der Waals surface area contributed by atoms with Gasteiger partial charge in [0.1, 0.15) is 5.54 Å². The van der Waals surface area contributed by atoms with Crippen molar-refractivity contribution in [2.75, 3.05) is 13.1 Å². The first-order valence-electron chi connectivity index (χ1n) is 8.84. The Morgan fingerprint density at radius 3 is 2.48 bits per heavy atom. The zero-order valence-corrected chi connectivity index (χ0v) is 15.4. The van der Waals surface area contributed by atoms with Gasteiger partial charge in [-0.3, -0.25) is 9.69 Å². The van der Waals surface area contributed by atoms with Crippen LogP contribution >= 0.6 is 0 Å². The Hall–Kier alpha value is -1.35. The van der Waals surface area contributed by atoms with Gasteiger partial charge in [0.2, 0.25) is 5.91 Å². The Balaban J connectivity index is 2.27. The monoisotopic (exact) mass is 316 g/mol. The highest BCUT2D eigenvalue weighted by molar-refractivity contribution is 5.87. The number of hydrogen-bond acceptors (Lipinski definition) is 2. The van der Waals surface area contributed by atoms with Crippen LogP contribution in [0.2, 0.25) is 0 Å². The van der Waals surface area contributed by atoms with Crippen LogP contribution in [0.3, 0.4) is 0 Å². The Bertz CT molecular complexity index is 518. The van der Waals surface area contributed by atoms with Gasteiger partial charge in [-0.1, -0.05) is 65.0 Å². The fourth-order valence-electron chi connectivity index (χ4n) is 3.78. The highest BCUT2D eigenvalue weighted by Gasteiger charge is 2.54. The van der Waals surface area contributed by atoms with Gasteiger partial charge in [0, 0.05) is 13.1 Å². The minimum atomic E-state index is -0.419. The van der Waals surface area contributed by atoms with E-state index in [1.54, 1.807) is 0 Å². The van der Waals surface area contributed by atoms with E-state index in [0.29, 0.717) is 5.92 Å². The molecule has 0 saturated carbocycles. The molecule has 0 aliphatic carbocycles. The molecule has 1 fully saturated rings. The van der Waals surface area contributed by atoms with Crippen LogP contribution in [0.5, 0.6) is 0 Å². The van der Waals surface area contributed by atoms with E-state index in [9.17, 15) is 4.79 Å². The summed E-state index contributed by atoms with van der Waals surface area (Å²) in [4.78, 5) is 15.6. The number of amides is 1. The molecule has 0 radical (unpaired) electrons. The van der Waals surface area contributed by atoms with Gasteiger partial charge in [-0.25, -0.2) is 0 Å². The fourth-order valence-corrected chi connectivity index (χ4v) is 3.78. The number of nitrogens with one attached hydrogen (secondary N) is 1. The summed E-state index contributed by atoms with van der Waals surface area (Å²) in [5.74, 6) is 0.673. The van der Waals surface area contributed by atoms with Gasteiger partial charge in [-0.05, 0) is 36.3 Å². The summed E-state index contributed by atoms with van der Waals surface area (Å²) in [7, 11) is 0. The maximum absolute atomic E-state index is 13.2. The molecule has 128 valence electrons. The molecule has 1 aliphatic rings. The Kier molecular flexibility index (Phi) is 5.51. The molecule has 1 aliphatic heterocycles. The molecule has 23 heavy (non-hydrogen) atoms. The maximum Gasteiger partial charge on any atom is 0.241 e. The van der Waals surface area contributed by atoms with Crippen molar-refractivity contribution >= 4 is 5.91 Å². The molecule has 1 atom stereocenters. The minimum Gasteiger partial charge on any atom is -0.354 e. The molecule has 0 aromatic heterocycles. The van der Waals surface area contributed by atoms with Gasteiger partial charge in [0.15, 0.2) is 0 Å². The number of nitrogens with zero attached hydrogens (tertiary/aromatic N) is 1. The summed E-state index contributed by atoms with van der Waals surface area (Å²) in [6.07, 6.45) is 2.02. The van der Waals surface area contributed by atoms with Crippen molar-refractivity contribution in [3.05, 3.63) is 35.9 Å². The lowest BCUT2D eigenvalue weighted by Crippen LogP contribution is -2.62. The van der Waals surface area contributed by atoms with Crippen molar-refractivity contribution in [2.24, 2.45) is 11.3 Å². The van der Waals surface area contributed by atoms with E-state index in [-0.39, 0.29) is 11.3 Å². The molecule has 1 aromatic rings. The normalized spacial score (nSPS) is 22.5. The Morgan fingerprint density at radius 1 is 1.26 bits per heavy atom. The van der Waals surface area contributed by atoms with Gasteiger partial charge in [0.25, 0.3) is 0 Å². The first-order valence-corrected chi connectivity index (χ1v) is 8.84. The lowest BCUT2D eigenvalue weighted by molar-refractivity contribution is -0.139. The van der Waals surface area contributed by atoms with Gasteiger partial charge in [-0.15, -0.1) is 0 Å². The standard InChI is InChI=1S/C20H32N2O/c1-16(2)14-21-18(23)20(19(3,4)5)12-9-13-22(20)15-17-10-7-6-8-11-17/h6-8,10-11,16H,9,12-15H2,1-5H3,(H,21,23)/t20-/m0/s1. The summed E-state index contributed by atoms with van der Waals surface area (Å²) in [5.41, 5.74) is 0.761. The second-order valence-electron chi connectivity index (χ2n) is 8.22. The molecular weight excluding hydrogens is 284 g/mol. The SMILES string of the molecule is CC(C)CNC(=O)[C@]1(C(C)(C)C)CCCN1Cc1ccccc1. The first kappa shape index (κ1) is 18.0. The molecular formula is C20H32N2O. The average molecular weight is 316 g/mol. The predicted octanol–water partition coefficient (Wildman–Crippen LogP) is 3.84. The number of carbonyl (C=O) groups excluding carboxylic acids is 1. The van der Waals surface area contributed by atoms with Crippen LogP contribution < -0.4 is 5.32 Å². The van der Waals surface area contributed by atoms with Crippen LogP contribution in [0.4, 0.5) is 0 Å². The van der Waals surface area contributed by atoms with E-state index >= 15 is 0 Å². The number of carbonyl (C=O) groups is 1. The van der Waals surface area contributed by atoms with Crippen molar-refractivity contribution in [1.82, 2.24) is 10.2 Å². The van der Waals surface area contributed by atoms with Gasteiger partial charge < -0.3 is 5.32 Å². The third-order valence-corrected chi connectivity index (χ3v) is 5.01. The highest BCUT2D eigenvalue weighted by Crippen LogP contribution is 2.44. The van der Waals surface area contributed by atoms with Crippen molar-refractivity contribution in [1.29, 1.82) is 0 Å². The topological polar surface area (TPSA) is 32.3 Å². The van der Waals surface area contributed by atoms with Crippen LogP contribution in [-0.2, 0) is 11.3 Å². The highest BCUT2D eigenvalue weighted by atomic mass is 16.2. The van der Waals surface area contributed by atoms with Crippen molar-refractivity contribution in [2.45, 2.75) is 59.5 Å². The molecule has 1 N–H and O–H groups in total. The van der Waals surface area contributed by atoms with E-state index in [0.717, 1.165) is 32.5 Å². The number of benzene rings is 1. The molecule has 2 rings (SSSR count). The summed E-state index contributed by atoms with van der Waals surface area (Å²) in [6.45, 7) is 13.5. The van der Waals surface area contributed by atoms with Crippen LogP contribution in [0.15, 0.2) is 30.3 Å². The lowest BCUT2D eigenvalue weighted by atomic mass is 9.70. The molecule has 1 aromatic carbocycles. The van der Waals surface area contributed by atoms with Crippen LogP contribution in [0.1, 0.15) is 53.0 Å². The summed E-state index contributed by atoms with van der Waals surface area (Å²) in [6, 6.07) is 10.5. The lowest BCUT2D eigenvalue weighted by Gasteiger charge is -2.47. The smallest absolute Gasteiger partial charge is 0.241 e. The summed E-state index contributed by atoms with van der Waals surface area (Å²) < 4.78 is 0. The number of likely N-dealkylation sites (tertiary alicyclic amines) is 1. The molecule has 1 heterocycles. The predicted molar refractivity (Wildman–Crippen MR) is 96.1 cm³/mol. The Morgan fingerprint density at radius 2 is 1.91 bits per heavy atom. The van der Waals surface area contributed by atoms with Gasteiger partial charge in [0.05, 0.1) is 0 Å². The summed E-state index contributed by atoms with van der Waals surface area (Å²) in [5, 5.41) is 3.21.